The molecule has 0 spiro atoms. The topological polar surface area (TPSA) is 58.6 Å². The van der Waals surface area contributed by atoms with Gasteiger partial charge in [0, 0.05) is 6.04 Å². The van der Waals surface area contributed by atoms with E-state index in [9.17, 15) is 9.59 Å². The average molecular weight is 262 g/mol. The maximum absolute atomic E-state index is 11.8. The highest BCUT2D eigenvalue weighted by Gasteiger charge is 2.25. The molecule has 0 atom stereocenters. The molecule has 0 saturated heterocycles. The number of carbonyl (C=O) groups is 2. The molecule has 1 aromatic carbocycles. The Labute approximate surface area is 112 Å². The van der Waals surface area contributed by atoms with E-state index in [0.717, 1.165) is 11.3 Å². The minimum absolute atomic E-state index is 0.0849. The van der Waals surface area contributed by atoms with Crippen LogP contribution in [0.2, 0.25) is 0 Å². The highest BCUT2D eigenvalue weighted by molar-refractivity contribution is 5.89. The average Bonchev–Trinajstić information content (AvgIpc) is 2.26. The van der Waals surface area contributed by atoms with Gasteiger partial charge in [-0.05, 0) is 38.5 Å². The Kier molecular flexibility index (Phi) is 3.74. The van der Waals surface area contributed by atoms with Crippen LogP contribution in [0.1, 0.15) is 19.4 Å². The van der Waals surface area contributed by atoms with E-state index >= 15 is 0 Å². The lowest BCUT2D eigenvalue weighted by Gasteiger charge is -2.29. The van der Waals surface area contributed by atoms with E-state index in [1.807, 2.05) is 32.9 Å². The SMILES string of the molecule is Cc1ccc2c(c1)OC(=O)CN2CC(=O)NC(C)C. The lowest BCUT2D eigenvalue weighted by molar-refractivity contribution is -0.133. The Morgan fingerprint density at radius 1 is 1.47 bits per heavy atom. The minimum atomic E-state index is -0.338. The van der Waals surface area contributed by atoms with Crippen LogP contribution in [-0.4, -0.2) is 31.0 Å². The third-order valence-corrected chi connectivity index (χ3v) is 2.78. The molecule has 1 amide bonds. The lowest BCUT2D eigenvalue weighted by Crippen LogP contribution is -2.44. The molecule has 1 aliphatic rings. The van der Waals surface area contributed by atoms with Gasteiger partial charge in [-0.1, -0.05) is 6.07 Å². The monoisotopic (exact) mass is 262 g/mol. The number of ether oxygens (including phenoxy) is 1. The fraction of sp³-hybridized carbons (Fsp3) is 0.429. The van der Waals surface area contributed by atoms with Crippen molar-refractivity contribution < 1.29 is 14.3 Å². The lowest BCUT2D eigenvalue weighted by atomic mass is 10.1. The number of carbonyl (C=O) groups excluding carboxylic acids is 2. The number of nitrogens with zero attached hydrogens (tertiary/aromatic N) is 1. The molecule has 19 heavy (non-hydrogen) atoms. The van der Waals surface area contributed by atoms with Gasteiger partial charge in [0.25, 0.3) is 0 Å². The Morgan fingerprint density at radius 3 is 2.89 bits per heavy atom. The van der Waals surface area contributed by atoms with Crippen LogP contribution in [0.4, 0.5) is 5.69 Å². The third-order valence-electron chi connectivity index (χ3n) is 2.78. The summed E-state index contributed by atoms with van der Waals surface area (Å²) in [5.41, 5.74) is 1.80. The Hall–Kier alpha value is -2.04. The maximum Gasteiger partial charge on any atom is 0.331 e. The molecule has 102 valence electrons. The molecule has 0 radical (unpaired) electrons. The minimum Gasteiger partial charge on any atom is -0.423 e. The number of rotatable bonds is 3. The van der Waals surface area contributed by atoms with Crippen LogP contribution in [0.3, 0.4) is 0 Å². The molecule has 0 aromatic heterocycles. The third kappa shape index (κ3) is 3.24. The van der Waals surface area contributed by atoms with Crippen LogP contribution < -0.4 is 15.0 Å². The van der Waals surface area contributed by atoms with Crippen LogP contribution in [0.25, 0.3) is 0 Å². The fourth-order valence-corrected chi connectivity index (χ4v) is 2.04. The summed E-state index contributed by atoms with van der Waals surface area (Å²) in [5, 5.41) is 2.81. The van der Waals surface area contributed by atoms with Crippen molar-refractivity contribution in [2.75, 3.05) is 18.0 Å². The second-order valence-corrected chi connectivity index (χ2v) is 5.02. The van der Waals surface area contributed by atoms with Crippen LogP contribution in [0, 0.1) is 6.92 Å². The highest BCUT2D eigenvalue weighted by atomic mass is 16.5. The summed E-state index contributed by atoms with van der Waals surface area (Å²) < 4.78 is 5.19. The van der Waals surface area contributed by atoms with Gasteiger partial charge in [-0.3, -0.25) is 4.79 Å². The number of hydrogen-bond acceptors (Lipinski definition) is 4. The molecule has 0 unspecified atom stereocenters. The van der Waals surface area contributed by atoms with Crippen molar-refractivity contribution in [1.82, 2.24) is 5.32 Å². The highest BCUT2D eigenvalue weighted by Crippen LogP contribution is 2.32. The first-order chi connectivity index (χ1) is 8.95. The number of benzene rings is 1. The molecule has 1 aromatic rings. The first-order valence-corrected chi connectivity index (χ1v) is 6.31. The number of aryl methyl sites for hydroxylation is 1. The zero-order valence-corrected chi connectivity index (χ0v) is 11.4. The van der Waals surface area contributed by atoms with E-state index in [2.05, 4.69) is 5.32 Å². The van der Waals surface area contributed by atoms with Gasteiger partial charge in [0.05, 0.1) is 12.2 Å². The first-order valence-electron chi connectivity index (χ1n) is 6.31. The van der Waals surface area contributed by atoms with Gasteiger partial charge in [-0.2, -0.15) is 0 Å². The van der Waals surface area contributed by atoms with Crippen molar-refractivity contribution >= 4 is 17.6 Å². The van der Waals surface area contributed by atoms with Crippen molar-refractivity contribution in [1.29, 1.82) is 0 Å². The maximum atomic E-state index is 11.8. The standard InChI is InChI=1S/C14H18N2O3/c1-9(2)15-13(17)7-16-8-14(18)19-12-6-10(3)4-5-11(12)16/h4-6,9H,7-8H2,1-3H3,(H,15,17). The van der Waals surface area contributed by atoms with Crippen LogP contribution in [0.15, 0.2) is 18.2 Å². The van der Waals surface area contributed by atoms with Crippen molar-refractivity contribution in [2.45, 2.75) is 26.8 Å². The summed E-state index contributed by atoms with van der Waals surface area (Å²) in [6, 6.07) is 5.70. The number of anilines is 1. The number of nitrogens with one attached hydrogen (secondary N) is 1. The molecular weight excluding hydrogens is 244 g/mol. The fourth-order valence-electron chi connectivity index (χ4n) is 2.04. The number of esters is 1. The molecule has 0 bridgehead atoms. The Morgan fingerprint density at radius 2 is 2.21 bits per heavy atom. The van der Waals surface area contributed by atoms with Gasteiger partial charge in [-0.25, -0.2) is 4.79 Å². The largest absolute Gasteiger partial charge is 0.423 e. The predicted octanol–water partition coefficient (Wildman–Crippen LogP) is 1.25. The van der Waals surface area contributed by atoms with E-state index in [0.29, 0.717) is 5.75 Å². The number of amides is 1. The quantitative estimate of drug-likeness (QED) is 0.658. The van der Waals surface area contributed by atoms with Gasteiger partial charge in [0.2, 0.25) is 5.91 Å². The van der Waals surface area contributed by atoms with E-state index in [1.165, 1.54) is 0 Å². The van der Waals surface area contributed by atoms with Crippen LogP contribution in [0.5, 0.6) is 5.75 Å². The van der Waals surface area contributed by atoms with Crippen molar-refractivity contribution in [3.63, 3.8) is 0 Å². The summed E-state index contributed by atoms with van der Waals surface area (Å²) in [4.78, 5) is 25.1. The summed E-state index contributed by atoms with van der Waals surface area (Å²) >= 11 is 0. The van der Waals surface area contributed by atoms with Gasteiger partial charge < -0.3 is 15.0 Å². The van der Waals surface area contributed by atoms with Gasteiger partial charge in [0.15, 0.2) is 5.75 Å². The second-order valence-electron chi connectivity index (χ2n) is 5.02. The Balaban J connectivity index is 2.18. The Bertz CT molecular complexity index is 511. The normalized spacial score (nSPS) is 14.1. The van der Waals surface area contributed by atoms with Crippen molar-refractivity contribution in [2.24, 2.45) is 0 Å². The van der Waals surface area contributed by atoms with Gasteiger partial charge in [0.1, 0.15) is 6.54 Å². The molecule has 1 heterocycles. The molecule has 5 nitrogen and oxygen atoms in total. The zero-order chi connectivity index (χ0) is 14.0. The second kappa shape index (κ2) is 5.30. The van der Waals surface area contributed by atoms with E-state index < -0.39 is 0 Å². The summed E-state index contributed by atoms with van der Waals surface area (Å²) in [6.45, 7) is 5.99. The molecule has 1 aliphatic heterocycles. The summed E-state index contributed by atoms with van der Waals surface area (Å²) in [5.74, 6) is 0.0836. The first kappa shape index (κ1) is 13.4. The molecule has 5 heteroatoms. The number of fused-ring (bicyclic) bond motifs is 1. The van der Waals surface area contributed by atoms with E-state index in [1.54, 1.807) is 11.0 Å². The summed E-state index contributed by atoms with van der Waals surface area (Å²) in [6.07, 6.45) is 0. The van der Waals surface area contributed by atoms with E-state index in [-0.39, 0.29) is 31.0 Å². The molecular formula is C14H18N2O3. The summed E-state index contributed by atoms with van der Waals surface area (Å²) in [7, 11) is 0. The number of hydrogen-bond donors (Lipinski definition) is 1. The van der Waals surface area contributed by atoms with Crippen molar-refractivity contribution in [3.8, 4) is 5.75 Å². The molecule has 0 aliphatic carbocycles. The molecule has 0 fully saturated rings. The van der Waals surface area contributed by atoms with Gasteiger partial charge >= 0.3 is 5.97 Å². The van der Waals surface area contributed by atoms with Crippen LogP contribution in [-0.2, 0) is 9.59 Å². The van der Waals surface area contributed by atoms with Crippen LogP contribution >= 0.6 is 0 Å². The zero-order valence-electron chi connectivity index (χ0n) is 11.4. The van der Waals surface area contributed by atoms with Gasteiger partial charge in [-0.15, -0.1) is 0 Å². The smallest absolute Gasteiger partial charge is 0.331 e. The van der Waals surface area contributed by atoms with E-state index in [4.69, 9.17) is 4.74 Å². The molecule has 2 rings (SSSR count). The predicted molar refractivity (Wildman–Crippen MR) is 72.3 cm³/mol. The molecule has 0 saturated carbocycles. The van der Waals surface area contributed by atoms with Crippen molar-refractivity contribution in [3.05, 3.63) is 23.8 Å². The molecule has 1 N–H and O–H groups in total.